The summed E-state index contributed by atoms with van der Waals surface area (Å²) in [6.45, 7) is 5.87. The standard InChI is InChI=1S/C19H20O2/c1-4-13-11-17(21-19(20)12(2)3)16-10-6-8-14-7-5-9-15(13)18(14)16/h5-12,17H,4H2,1-3H3. The molecule has 2 aromatic rings. The lowest BCUT2D eigenvalue weighted by atomic mass is 9.85. The molecule has 0 amide bonds. The first kappa shape index (κ1) is 13.9. The monoisotopic (exact) mass is 280 g/mol. The number of hydrogen-bond acceptors (Lipinski definition) is 2. The zero-order chi connectivity index (χ0) is 15.0. The van der Waals surface area contributed by atoms with Gasteiger partial charge in [0.1, 0.15) is 6.10 Å². The predicted octanol–water partition coefficient (Wildman–Crippen LogP) is 4.89. The first-order valence-corrected chi connectivity index (χ1v) is 7.55. The van der Waals surface area contributed by atoms with E-state index in [9.17, 15) is 4.79 Å². The summed E-state index contributed by atoms with van der Waals surface area (Å²) in [5, 5.41) is 2.43. The second-order valence-corrected chi connectivity index (χ2v) is 5.81. The van der Waals surface area contributed by atoms with Gasteiger partial charge < -0.3 is 4.74 Å². The average Bonchev–Trinajstić information content (AvgIpc) is 2.50. The minimum atomic E-state index is -0.270. The van der Waals surface area contributed by atoms with E-state index in [-0.39, 0.29) is 18.0 Å². The second kappa shape index (κ2) is 5.36. The van der Waals surface area contributed by atoms with Crippen molar-refractivity contribution < 1.29 is 9.53 Å². The third kappa shape index (κ3) is 2.35. The van der Waals surface area contributed by atoms with E-state index in [1.807, 2.05) is 19.9 Å². The summed E-state index contributed by atoms with van der Waals surface area (Å²) >= 11 is 0. The van der Waals surface area contributed by atoms with Gasteiger partial charge in [0.15, 0.2) is 0 Å². The van der Waals surface area contributed by atoms with Crippen LogP contribution in [0, 0.1) is 5.92 Å². The molecule has 0 saturated carbocycles. The minimum absolute atomic E-state index is 0.111. The fraction of sp³-hybridized carbons (Fsp3) is 0.316. The van der Waals surface area contributed by atoms with Gasteiger partial charge in [0, 0.05) is 5.56 Å². The molecule has 0 heterocycles. The van der Waals surface area contributed by atoms with E-state index in [0.717, 1.165) is 12.0 Å². The minimum Gasteiger partial charge on any atom is -0.453 e. The van der Waals surface area contributed by atoms with Gasteiger partial charge >= 0.3 is 5.97 Å². The highest BCUT2D eigenvalue weighted by atomic mass is 16.5. The van der Waals surface area contributed by atoms with Crippen molar-refractivity contribution in [1.29, 1.82) is 0 Å². The molecule has 2 aromatic carbocycles. The van der Waals surface area contributed by atoms with E-state index in [1.54, 1.807) is 0 Å². The van der Waals surface area contributed by atoms with Gasteiger partial charge in [-0.05, 0) is 34.4 Å². The molecule has 108 valence electrons. The van der Waals surface area contributed by atoms with E-state index >= 15 is 0 Å². The van der Waals surface area contributed by atoms with Crippen LogP contribution in [0.5, 0.6) is 0 Å². The van der Waals surface area contributed by atoms with Crippen LogP contribution in [-0.4, -0.2) is 5.97 Å². The van der Waals surface area contributed by atoms with Crippen LogP contribution >= 0.6 is 0 Å². The first-order valence-electron chi connectivity index (χ1n) is 7.55. The molecule has 2 heteroatoms. The number of carbonyl (C=O) groups is 1. The maximum Gasteiger partial charge on any atom is 0.309 e. The Morgan fingerprint density at radius 1 is 1.19 bits per heavy atom. The number of rotatable bonds is 3. The topological polar surface area (TPSA) is 26.3 Å². The summed E-state index contributed by atoms with van der Waals surface area (Å²) in [5.74, 6) is -0.261. The van der Waals surface area contributed by atoms with Crippen LogP contribution in [0.3, 0.4) is 0 Å². The van der Waals surface area contributed by atoms with Gasteiger partial charge in [0.2, 0.25) is 0 Å². The Hall–Kier alpha value is -2.09. The molecule has 0 bridgehead atoms. The highest BCUT2D eigenvalue weighted by Crippen LogP contribution is 2.40. The van der Waals surface area contributed by atoms with Crippen LogP contribution in [0.15, 0.2) is 42.5 Å². The largest absolute Gasteiger partial charge is 0.453 e. The molecule has 1 aliphatic rings. The molecule has 0 aromatic heterocycles. The predicted molar refractivity (Wildman–Crippen MR) is 85.9 cm³/mol. The number of allylic oxidation sites excluding steroid dienone is 1. The molecule has 1 aliphatic carbocycles. The quantitative estimate of drug-likeness (QED) is 0.748. The van der Waals surface area contributed by atoms with E-state index in [1.165, 1.54) is 21.9 Å². The lowest BCUT2D eigenvalue weighted by Gasteiger charge is -2.25. The van der Waals surface area contributed by atoms with Crippen molar-refractivity contribution in [3.05, 3.63) is 53.6 Å². The molecule has 0 N–H and O–H groups in total. The van der Waals surface area contributed by atoms with Crippen LogP contribution < -0.4 is 0 Å². The Bertz CT molecular complexity index is 720. The number of ether oxygens (including phenoxy) is 1. The molecule has 0 radical (unpaired) electrons. The van der Waals surface area contributed by atoms with Crippen LogP contribution in [0.25, 0.3) is 16.3 Å². The first-order chi connectivity index (χ1) is 10.1. The fourth-order valence-corrected chi connectivity index (χ4v) is 2.90. The summed E-state index contributed by atoms with van der Waals surface area (Å²) in [5.41, 5.74) is 3.61. The lowest BCUT2D eigenvalue weighted by molar-refractivity contribution is -0.150. The maximum absolute atomic E-state index is 12.0. The summed E-state index contributed by atoms with van der Waals surface area (Å²) in [4.78, 5) is 12.0. The molecular weight excluding hydrogens is 260 g/mol. The summed E-state index contributed by atoms with van der Waals surface area (Å²) in [6.07, 6.45) is 2.76. The van der Waals surface area contributed by atoms with Crippen molar-refractivity contribution in [1.82, 2.24) is 0 Å². The Morgan fingerprint density at radius 3 is 2.57 bits per heavy atom. The molecule has 0 saturated heterocycles. The molecule has 3 rings (SSSR count). The van der Waals surface area contributed by atoms with Gasteiger partial charge in [-0.2, -0.15) is 0 Å². The van der Waals surface area contributed by atoms with Crippen molar-refractivity contribution in [3.8, 4) is 0 Å². The van der Waals surface area contributed by atoms with E-state index in [4.69, 9.17) is 4.74 Å². The Balaban J connectivity index is 2.15. The SMILES string of the molecule is CCC1=CC(OC(=O)C(C)C)c2cccc3cccc1c23. The molecule has 0 fully saturated rings. The lowest BCUT2D eigenvalue weighted by Crippen LogP contribution is -2.17. The molecular formula is C19H20O2. The van der Waals surface area contributed by atoms with Crippen molar-refractivity contribution in [3.63, 3.8) is 0 Å². The van der Waals surface area contributed by atoms with Crippen LogP contribution in [0.2, 0.25) is 0 Å². The number of hydrogen-bond donors (Lipinski definition) is 0. The summed E-state index contributed by atoms with van der Waals surface area (Å²) in [6, 6.07) is 12.6. The van der Waals surface area contributed by atoms with E-state index in [2.05, 4.69) is 43.3 Å². The molecule has 1 atom stereocenters. The normalized spacial score (nSPS) is 17.0. The molecule has 0 aliphatic heterocycles. The second-order valence-electron chi connectivity index (χ2n) is 5.81. The summed E-state index contributed by atoms with van der Waals surface area (Å²) in [7, 11) is 0. The Kier molecular flexibility index (Phi) is 3.54. The summed E-state index contributed by atoms with van der Waals surface area (Å²) < 4.78 is 5.72. The fourth-order valence-electron chi connectivity index (χ4n) is 2.90. The van der Waals surface area contributed by atoms with Crippen LogP contribution in [-0.2, 0) is 9.53 Å². The number of esters is 1. The van der Waals surface area contributed by atoms with Gasteiger partial charge in [0.05, 0.1) is 5.92 Å². The highest BCUT2D eigenvalue weighted by Gasteiger charge is 2.24. The third-order valence-electron chi connectivity index (χ3n) is 4.04. The molecule has 1 unspecified atom stereocenters. The van der Waals surface area contributed by atoms with Crippen molar-refractivity contribution in [2.45, 2.75) is 33.3 Å². The van der Waals surface area contributed by atoms with Crippen molar-refractivity contribution in [2.24, 2.45) is 5.92 Å². The molecule has 21 heavy (non-hydrogen) atoms. The molecule has 2 nitrogen and oxygen atoms in total. The van der Waals surface area contributed by atoms with Gasteiger partial charge in [0.25, 0.3) is 0 Å². The van der Waals surface area contributed by atoms with Gasteiger partial charge in [-0.3, -0.25) is 4.79 Å². The molecule has 0 spiro atoms. The Labute approximate surface area is 125 Å². The van der Waals surface area contributed by atoms with Crippen molar-refractivity contribution in [2.75, 3.05) is 0 Å². The zero-order valence-electron chi connectivity index (χ0n) is 12.7. The van der Waals surface area contributed by atoms with Crippen LogP contribution in [0.4, 0.5) is 0 Å². The Morgan fingerprint density at radius 2 is 1.90 bits per heavy atom. The third-order valence-corrected chi connectivity index (χ3v) is 4.04. The van der Waals surface area contributed by atoms with Crippen LogP contribution in [0.1, 0.15) is 44.4 Å². The van der Waals surface area contributed by atoms with Crippen molar-refractivity contribution >= 4 is 22.3 Å². The number of benzene rings is 2. The smallest absolute Gasteiger partial charge is 0.309 e. The van der Waals surface area contributed by atoms with Gasteiger partial charge in [-0.25, -0.2) is 0 Å². The van der Waals surface area contributed by atoms with Gasteiger partial charge in [-0.15, -0.1) is 0 Å². The van der Waals surface area contributed by atoms with E-state index in [0.29, 0.717) is 0 Å². The average molecular weight is 280 g/mol. The number of carbonyl (C=O) groups excluding carboxylic acids is 1. The zero-order valence-corrected chi connectivity index (χ0v) is 12.7. The van der Waals surface area contributed by atoms with Gasteiger partial charge in [-0.1, -0.05) is 57.2 Å². The maximum atomic E-state index is 12.0. The van der Waals surface area contributed by atoms with E-state index < -0.39 is 0 Å². The highest BCUT2D eigenvalue weighted by molar-refractivity contribution is 5.98.